The Morgan fingerprint density at radius 1 is 1.43 bits per heavy atom. The highest BCUT2D eigenvalue weighted by Gasteiger charge is 2.26. The summed E-state index contributed by atoms with van der Waals surface area (Å²) < 4.78 is 6.21. The molecule has 0 unspecified atom stereocenters. The number of aromatic nitrogens is 1. The number of hydrazine groups is 1. The van der Waals surface area contributed by atoms with E-state index in [2.05, 4.69) is 26.3 Å². The van der Waals surface area contributed by atoms with Crippen LogP contribution in [0.1, 0.15) is 12.8 Å². The van der Waals surface area contributed by atoms with Gasteiger partial charge in [-0.2, -0.15) is 0 Å². The van der Waals surface area contributed by atoms with E-state index in [1.807, 2.05) is 0 Å². The van der Waals surface area contributed by atoms with Gasteiger partial charge in [-0.25, -0.2) is 5.84 Å². The third kappa shape index (κ3) is 4.40. The lowest BCUT2D eigenvalue weighted by atomic mass is 9.96. The summed E-state index contributed by atoms with van der Waals surface area (Å²) in [6.07, 6.45) is 4.43. The molecule has 1 aliphatic heterocycles. The molecule has 21 heavy (non-hydrogen) atoms. The quantitative estimate of drug-likeness (QED) is 0.463. The van der Waals surface area contributed by atoms with Gasteiger partial charge in [0.25, 0.3) is 5.91 Å². The Hall–Kier alpha value is -1.67. The standard InChI is InChI=1S/C13H17BrN4O3/c14-10-5-11(7-16-6-10)21-8-12(19)18-3-1-9(2-4-18)13(20)17-15/h5-7,9H,1-4,8,15H2,(H,17,20). The lowest BCUT2D eigenvalue weighted by molar-refractivity contribution is -0.137. The summed E-state index contributed by atoms with van der Waals surface area (Å²) in [4.78, 5) is 29.1. The molecule has 0 atom stereocenters. The molecule has 0 aromatic carbocycles. The first-order valence-electron chi connectivity index (χ1n) is 6.61. The zero-order valence-corrected chi connectivity index (χ0v) is 13.0. The maximum Gasteiger partial charge on any atom is 0.260 e. The molecule has 114 valence electrons. The van der Waals surface area contributed by atoms with Crippen LogP contribution in [0, 0.1) is 5.92 Å². The lowest BCUT2D eigenvalue weighted by Gasteiger charge is -2.30. The van der Waals surface area contributed by atoms with Gasteiger partial charge in [0.15, 0.2) is 6.61 Å². The number of likely N-dealkylation sites (tertiary alicyclic amines) is 1. The lowest BCUT2D eigenvalue weighted by Crippen LogP contribution is -2.45. The van der Waals surface area contributed by atoms with E-state index in [1.165, 1.54) is 0 Å². The van der Waals surface area contributed by atoms with Crippen LogP contribution < -0.4 is 16.0 Å². The molecule has 2 rings (SSSR count). The second kappa shape index (κ2) is 7.37. The number of hydrogen-bond acceptors (Lipinski definition) is 5. The SMILES string of the molecule is NNC(=O)C1CCN(C(=O)COc2cncc(Br)c2)CC1. The van der Waals surface area contributed by atoms with Crippen LogP contribution in [0.15, 0.2) is 22.9 Å². The van der Waals surface area contributed by atoms with Crippen molar-refractivity contribution < 1.29 is 14.3 Å². The van der Waals surface area contributed by atoms with E-state index in [-0.39, 0.29) is 24.3 Å². The number of halogens is 1. The normalized spacial score (nSPS) is 15.6. The number of hydrogen-bond donors (Lipinski definition) is 2. The minimum atomic E-state index is -0.168. The monoisotopic (exact) mass is 356 g/mol. The minimum absolute atomic E-state index is 0.0358. The molecule has 1 fully saturated rings. The number of amides is 2. The Bertz CT molecular complexity index is 518. The van der Waals surface area contributed by atoms with Gasteiger partial charge in [0.1, 0.15) is 5.75 Å². The highest BCUT2D eigenvalue weighted by molar-refractivity contribution is 9.10. The van der Waals surface area contributed by atoms with Crippen molar-refractivity contribution in [2.24, 2.45) is 11.8 Å². The zero-order valence-electron chi connectivity index (χ0n) is 11.4. The molecule has 0 radical (unpaired) electrons. The first kappa shape index (κ1) is 15.7. The van der Waals surface area contributed by atoms with Gasteiger partial charge in [0.2, 0.25) is 5.91 Å². The molecule has 2 amide bonds. The number of carbonyl (C=O) groups is 2. The first-order chi connectivity index (χ1) is 10.1. The van der Waals surface area contributed by atoms with Crippen LogP contribution >= 0.6 is 15.9 Å². The van der Waals surface area contributed by atoms with Gasteiger partial charge < -0.3 is 9.64 Å². The molecule has 3 N–H and O–H groups in total. The predicted octanol–water partition coefficient (Wildman–Crippen LogP) is 0.451. The van der Waals surface area contributed by atoms with Crippen molar-refractivity contribution in [1.29, 1.82) is 0 Å². The summed E-state index contributed by atoms with van der Waals surface area (Å²) in [5.41, 5.74) is 2.15. The van der Waals surface area contributed by atoms with Gasteiger partial charge in [-0.05, 0) is 34.8 Å². The molecule has 0 bridgehead atoms. The first-order valence-corrected chi connectivity index (χ1v) is 7.41. The summed E-state index contributed by atoms with van der Waals surface area (Å²) in [6.45, 7) is 1.04. The maximum atomic E-state index is 12.0. The van der Waals surface area contributed by atoms with Crippen LogP contribution in [0.25, 0.3) is 0 Å². The van der Waals surface area contributed by atoms with E-state index >= 15 is 0 Å². The van der Waals surface area contributed by atoms with E-state index in [4.69, 9.17) is 10.6 Å². The van der Waals surface area contributed by atoms with Crippen molar-refractivity contribution in [1.82, 2.24) is 15.3 Å². The summed E-state index contributed by atoms with van der Waals surface area (Å²) >= 11 is 3.29. The van der Waals surface area contributed by atoms with Gasteiger partial charge in [0.05, 0.1) is 6.20 Å². The number of carbonyl (C=O) groups excluding carboxylic acids is 2. The molecule has 1 aromatic heterocycles. The molecular weight excluding hydrogens is 340 g/mol. The second-order valence-corrected chi connectivity index (χ2v) is 5.71. The fourth-order valence-corrected chi connectivity index (χ4v) is 2.56. The van der Waals surface area contributed by atoms with Crippen LogP contribution in [-0.4, -0.2) is 41.4 Å². The van der Waals surface area contributed by atoms with Gasteiger partial charge in [0, 0.05) is 29.7 Å². The minimum Gasteiger partial charge on any atom is -0.482 e. The van der Waals surface area contributed by atoms with E-state index in [0.29, 0.717) is 31.7 Å². The maximum absolute atomic E-state index is 12.0. The summed E-state index contributed by atoms with van der Waals surface area (Å²) in [5.74, 6) is 5.27. The average Bonchev–Trinajstić information content (AvgIpc) is 2.52. The number of nitrogens with zero attached hydrogens (tertiary/aromatic N) is 2. The van der Waals surface area contributed by atoms with Crippen molar-refractivity contribution >= 4 is 27.7 Å². The van der Waals surface area contributed by atoms with E-state index in [1.54, 1.807) is 23.4 Å². The van der Waals surface area contributed by atoms with Crippen molar-refractivity contribution in [3.63, 3.8) is 0 Å². The second-order valence-electron chi connectivity index (χ2n) is 4.79. The molecule has 7 nitrogen and oxygen atoms in total. The van der Waals surface area contributed by atoms with Crippen LogP contribution in [0.2, 0.25) is 0 Å². The Morgan fingerprint density at radius 3 is 2.76 bits per heavy atom. The van der Waals surface area contributed by atoms with Gasteiger partial charge >= 0.3 is 0 Å². The molecule has 8 heteroatoms. The molecule has 1 aromatic rings. The van der Waals surface area contributed by atoms with Crippen LogP contribution in [0.5, 0.6) is 5.75 Å². The Kier molecular flexibility index (Phi) is 5.51. The van der Waals surface area contributed by atoms with Crippen LogP contribution in [0.3, 0.4) is 0 Å². The van der Waals surface area contributed by atoms with Crippen molar-refractivity contribution in [3.05, 3.63) is 22.9 Å². The Labute approximate surface area is 130 Å². The van der Waals surface area contributed by atoms with Crippen molar-refractivity contribution in [2.75, 3.05) is 19.7 Å². The summed E-state index contributed by atoms with van der Waals surface area (Å²) in [7, 11) is 0. The third-order valence-electron chi connectivity index (χ3n) is 3.40. The largest absolute Gasteiger partial charge is 0.482 e. The van der Waals surface area contributed by atoms with E-state index in [9.17, 15) is 9.59 Å². The average molecular weight is 357 g/mol. The highest BCUT2D eigenvalue weighted by atomic mass is 79.9. The zero-order chi connectivity index (χ0) is 15.2. The molecule has 1 saturated heterocycles. The summed E-state index contributed by atoms with van der Waals surface area (Å²) in [6, 6.07) is 1.75. The number of ether oxygens (including phenoxy) is 1. The van der Waals surface area contributed by atoms with Gasteiger partial charge in [-0.3, -0.25) is 20.0 Å². The molecule has 2 heterocycles. The van der Waals surface area contributed by atoms with Crippen LogP contribution in [0.4, 0.5) is 0 Å². The van der Waals surface area contributed by atoms with E-state index in [0.717, 1.165) is 4.47 Å². The molecule has 0 saturated carbocycles. The fraction of sp³-hybridized carbons (Fsp3) is 0.462. The Morgan fingerprint density at radius 2 is 2.14 bits per heavy atom. The Balaban J connectivity index is 1.78. The van der Waals surface area contributed by atoms with Crippen LogP contribution in [-0.2, 0) is 9.59 Å². The molecular formula is C13H17BrN4O3. The smallest absolute Gasteiger partial charge is 0.260 e. The topological polar surface area (TPSA) is 97.6 Å². The third-order valence-corrected chi connectivity index (χ3v) is 3.84. The van der Waals surface area contributed by atoms with Crippen molar-refractivity contribution in [2.45, 2.75) is 12.8 Å². The molecule has 0 spiro atoms. The number of pyridine rings is 1. The number of piperidine rings is 1. The molecule has 0 aliphatic carbocycles. The summed E-state index contributed by atoms with van der Waals surface area (Å²) in [5, 5.41) is 0. The number of rotatable bonds is 4. The number of nitrogens with one attached hydrogen (secondary N) is 1. The van der Waals surface area contributed by atoms with Gasteiger partial charge in [-0.1, -0.05) is 0 Å². The highest BCUT2D eigenvalue weighted by Crippen LogP contribution is 2.18. The number of nitrogens with two attached hydrogens (primary N) is 1. The van der Waals surface area contributed by atoms with Gasteiger partial charge in [-0.15, -0.1) is 0 Å². The predicted molar refractivity (Wildman–Crippen MR) is 79.1 cm³/mol. The molecule has 1 aliphatic rings. The fourth-order valence-electron chi connectivity index (χ4n) is 2.22. The van der Waals surface area contributed by atoms with E-state index < -0.39 is 0 Å². The van der Waals surface area contributed by atoms with Crippen molar-refractivity contribution in [3.8, 4) is 5.75 Å².